The fourth-order valence-electron chi connectivity index (χ4n) is 2.12. The van der Waals surface area contributed by atoms with Gasteiger partial charge in [-0.05, 0) is 6.07 Å². The van der Waals surface area contributed by atoms with Crippen molar-refractivity contribution < 1.29 is 19.0 Å². The van der Waals surface area contributed by atoms with Crippen molar-refractivity contribution in [2.24, 2.45) is 0 Å². The molecule has 0 radical (unpaired) electrons. The maximum atomic E-state index is 12.3. The van der Waals surface area contributed by atoms with Crippen molar-refractivity contribution in [3.05, 3.63) is 29.8 Å². The van der Waals surface area contributed by atoms with E-state index in [9.17, 15) is 4.79 Å². The van der Waals surface area contributed by atoms with Gasteiger partial charge >= 0.3 is 0 Å². The van der Waals surface area contributed by atoms with Crippen molar-refractivity contribution in [1.82, 2.24) is 0 Å². The number of anilines is 1. The van der Waals surface area contributed by atoms with Crippen LogP contribution in [0.2, 0.25) is 0 Å². The first-order valence-corrected chi connectivity index (χ1v) is 5.22. The second-order valence-electron chi connectivity index (χ2n) is 3.69. The molecule has 0 aromatic heterocycles. The Morgan fingerprint density at radius 3 is 2.41 bits per heavy atom. The zero-order valence-corrected chi connectivity index (χ0v) is 10.1. The molecule has 1 aromatic rings. The summed E-state index contributed by atoms with van der Waals surface area (Å²) in [6.45, 7) is 0.171. The zero-order valence-electron chi connectivity index (χ0n) is 10.1. The van der Waals surface area contributed by atoms with Crippen molar-refractivity contribution >= 4 is 11.6 Å². The van der Waals surface area contributed by atoms with Gasteiger partial charge in [-0.1, -0.05) is 18.2 Å². The molecule has 0 saturated heterocycles. The molecule has 17 heavy (non-hydrogen) atoms. The van der Waals surface area contributed by atoms with E-state index >= 15 is 0 Å². The molecule has 0 N–H and O–H groups in total. The number of para-hydroxylation sites is 1. The Hall–Kier alpha value is -1.43. The van der Waals surface area contributed by atoms with Crippen LogP contribution in [0.25, 0.3) is 0 Å². The first kappa shape index (κ1) is 12.0. The molecule has 1 aliphatic rings. The lowest BCUT2D eigenvalue weighted by atomic mass is 10.1. The lowest BCUT2D eigenvalue weighted by Gasteiger charge is -2.25. The predicted octanol–water partition coefficient (Wildman–Crippen LogP) is 1.08. The van der Waals surface area contributed by atoms with E-state index in [0.717, 1.165) is 5.69 Å². The topological polar surface area (TPSA) is 48.0 Å². The summed E-state index contributed by atoms with van der Waals surface area (Å²) in [5, 5.41) is 0. The molecule has 1 heterocycles. The molecule has 0 spiro atoms. The third kappa shape index (κ3) is 1.55. The predicted molar refractivity (Wildman–Crippen MR) is 61.5 cm³/mol. The average molecular weight is 237 g/mol. The van der Waals surface area contributed by atoms with Crippen LogP contribution in [0.4, 0.5) is 5.69 Å². The molecule has 0 bridgehead atoms. The molecule has 0 atom stereocenters. The summed E-state index contributed by atoms with van der Waals surface area (Å²) in [6.07, 6.45) is 0. The van der Waals surface area contributed by atoms with E-state index in [0.29, 0.717) is 5.56 Å². The van der Waals surface area contributed by atoms with Gasteiger partial charge in [-0.3, -0.25) is 9.69 Å². The first-order chi connectivity index (χ1) is 8.21. The smallest absolute Gasteiger partial charge is 0.294 e. The van der Waals surface area contributed by atoms with E-state index in [1.165, 1.54) is 26.2 Å². The fourth-order valence-corrected chi connectivity index (χ4v) is 2.12. The van der Waals surface area contributed by atoms with Gasteiger partial charge in [0.2, 0.25) is 0 Å². The Labute approximate surface area is 99.9 Å². The van der Waals surface area contributed by atoms with Gasteiger partial charge in [0.1, 0.15) is 6.73 Å². The number of methoxy groups -OCH3 is 3. The Kier molecular flexibility index (Phi) is 3.15. The van der Waals surface area contributed by atoms with Crippen molar-refractivity contribution in [3.63, 3.8) is 0 Å². The van der Waals surface area contributed by atoms with Gasteiger partial charge in [0.05, 0.1) is 5.69 Å². The van der Waals surface area contributed by atoms with E-state index < -0.39 is 5.79 Å². The zero-order chi connectivity index (χ0) is 12.5. The summed E-state index contributed by atoms with van der Waals surface area (Å²) in [7, 11) is 4.44. The number of hydrogen-bond acceptors (Lipinski definition) is 4. The highest BCUT2D eigenvalue weighted by atomic mass is 16.7. The molecule has 92 valence electrons. The third-order valence-electron chi connectivity index (χ3n) is 2.91. The average Bonchev–Trinajstić information content (AvgIpc) is 2.61. The summed E-state index contributed by atoms with van der Waals surface area (Å²) in [5.74, 6) is -1.62. The number of carbonyl (C=O) groups excluding carboxylic acids is 1. The van der Waals surface area contributed by atoms with Crippen LogP contribution >= 0.6 is 0 Å². The maximum absolute atomic E-state index is 12.3. The van der Waals surface area contributed by atoms with Crippen molar-refractivity contribution in [2.75, 3.05) is 33.0 Å². The van der Waals surface area contributed by atoms with E-state index in [1.807, 2.05) is 24.3 Å². The van der Waals surface area contributed by atoms with Crippen LogP contribution in [0.1, 0.15) is 5.56 Å². The van der Waals surface area contributed by atoms with Crippen LogP contribution < -0.4 is 4.90 Å². The van der Waals surface area contributed by atoms with E-state index in [4.69, 9.17) is 14.2 Å². The maximum Gasteiger partial charge on any atom is 0.294 e. The van der Waals surface area contributed by atoms with Gasteiger partial charge in [0.15, 0.2) is 0 Å². The summed E-state index contributed by atoms with van der Waals surface area (Å²) >= 11 is 0. The highest BCUT2D eigenvalue weighted by Crippen LogP contribution is 2.42. The first-order valence-electron chi connectivity index (χ1n) is 5.22. The molecule has 2 rings (SSSR count). The number of fused-ring (bicyclic) bond motifs is 1. The molecule has 1 aliphatic heterocycles. The van der Waals surface area contributed by atoms with E-state index in [-0.39, 0.29) is 12.6 Å². The number of carbonyl (C=O) groups is 1. The number of rotatable bonds is 4. The van der Waals surface area contributed by atoms with E-state index in [2.05, 4.69) is 0 Å². The lowest BCUT2D eigenvalue weighted by Crippen LogP contribution is -2.43. The van der Waals surface area contributed by atoms with Crippen LogP contribution in [0.3, 0.4) is 0 Å². The molecule has 0 unspecified atom stereocenters. The minimum Gasteiger partial charge on any atom is -0.364 e. The molecule has 5 nitrogen and oxygen atoms in total. The third-order valence-corrected chi connectivity index (χ3v) is 2.91. The van der Waals surface area contributed by atoms with Crippen LogP contribution in [-0.2, 0) is 24.8 Å². The Balaban J connectivity index is 2.56. The second kappa shape index (κ2) is 4.44. The minimum atomic E-state index is -1.35. The van der Waals surface area contributed by atoms with Crippen molar-refractivity contribution in [1.29, 1.82) is 0 Å². The number of benzene rings is 1. The Morgan fingerprint density at radius 2 is 1.82 bits per heavy atom. The number of hydrogen-bond donors (Lipinski definition) is 0. The highest BCUT2D eigenvalue weighted by Gasteiger charge is 2.52. The van der Waals surface area contributed by atoms with Crippen LogP contribution in [0.5, 0.6) is 0 Å². The number of nitrogens with zero attached hydrogens (tertiary/aromatic N) is 1. The fraction of sp³-hybridized carbons (Fsp3) is 0.417. The molecule has 1 aromatic carbocycles. The van der Waals surface area contributed by atoms with Crippen LogP contribution in [-0.4, -0.2) is 34.0 Å². The van der Waals surface area contributed by atoms with Crippen LogP contribution in [0.15, 0.2) is 24.3 Å². The molecule has 5 heteroatoms. The monoisotopic (exact) mass is 237 g/mol. The normalized spacial score (nSPS) is 17.4. The molecule has 0 fully saturated rings. The molecular weight excluding hydrogens is 222 g/mol. The second-order valence-corrected chi connectivity index (χ2v) is 3.69. The molecule has 0 saturated carbocycles. The molecular formula is C12H15NO4. The summed E-state index contributed by atoms with van der Waals surface area (Å²) < 4.78 is 15.6. The summed E-state index contributed by atoms with van der Waals surface area (Å²) in [4.78, 5) is 13.8. The molecule has 1 amide bonds. The van der Waals surface area contributed by atoms with Gasteiger partial charge < -0.3 is 14.2 Å². The van der Waals surface area contributed by atoms with Gasteiger partial charge in [-0.2, -0.15) is 0 Å². The standard InChI is InChI=1S/C12H15NO4/c1-15-8-13-10-7-5-4-6-9(10)12(16-2,17-3)11(13)14/h4-7H,8H2,1-3H3. The minimum absolute atomic E-state index is 0.171. The van der Waals surface area contributed by atoms with Crippen LogP contribution in [0, 0.1) is 0 Å². The highest BCUT2D eigenvalue weighted by molar-refractivity contribution is 6.05. The van der Waals surface area contributed by atoms with Gasteiger partial charge in [0, 0.05) is 26.9 Å². The Morgan fingerprint density at radius 1 is 1.18 bits per heavy atom. The van der Waals surface area contributed by atoms with Gasteiger partial charge in [0.25, 0.3) is 11.7 Å². The summed E-state index contributed by atoms with van der Waals surface area (Å²) in [5.41, 5.74) is 1.45. The van der Waals surface area contributed by atoms with E-state index in [1.54, 1.807) is 0 Å². The van der Waals surface area contributed by atoms with Crippen molar-refractivity contribution in [2.45, 2.75) is 5.79 Å². The number of ether oxygens (including phenoxy) is 3. The van der Waals surface area contributed by atoms with Crippen molar-refractivity contribution in [3.8, 4) is 0 Å². The quantitative estimate of drug-likeness (QED) is 0.735. The lowest BCUT2D eigenvalue weighted by molar-refractivity contribution is -0.209. The SMILES string of the molecule is COCN1C(=O)C(OC)(OC)c2ccccc21. The number of amides is 1. The van der Waals surface area contributed by atoms with Gasteiger partial charge in [-0.15, -0.1) is 0 Å². The summed E-state index contributed by atoms with van der Waals surface area (Å²) in [6, 6.07) is 7.35. The molecule has 0 aliphatic carbocycles. The largest absolute Gasteiger partial charge is 0.364 e. The van der Waals surface area contributed by atoms with Gasteiger partial charge in [-0.25, -0.2) is 0 Å². The Bertz CT molecular complexity index is 428.